The molecule has 0 rings (SSSR count). The molecule has 0 heterocycles. The van der Waals surface area contributed by atoms with Gasteiger partial charge in [0.25, 0.3) is 0 Å². The van der Waals surface area contributed by atoms with Crippen LogP contribution in [0.2, 0.25) is 0 Å². The standard InChI is InChI=1S/C5H14NO3P/c1-5(6(2,3)4)9-10(7)8/h5H,1-4H3,(H,7,8)/q+1. The zero-order chi connectivity index (χ0) is 8.36. The summed E-state index contributed by atoms with van der Waals surface area (Å²) in [6, 6.07) is 0. The molecule has 0 aliphatic carbocycles. The third kappa shape index (κ3) is 3.90. The van der Waals surface area contributed by atoms with Crippen LogP contribution < -0.4 is 0 Å². The minimum Gasteiger partial charge on any atom is -0.305 e. The van der Waals surface area contributed by atoms with Crippen molar-refractivity contribution in [3.05, 3.63) is 0 Å². The maximum absolute atomic E-state index is 10.2. The minimum atomic E-state index is -2.47. The number of nitrogens with zero attached hydrogens (tertiary/aromatic N) is 1. The lowest BCUT2D eigenvalue weighted by Gasteiger charge is -2.29. The highest BCUT2D eigenvalue weighted by Gasteiger charge is 2.20. The Labute approximate surface area is 62.0 Å². The summed E-state index contributed by atoms with van der Waals surface area (Å²) < 4.78 is 15.3. The molecule has 0 spiro atoms. The van der Waals surface area contributed by atoms with Gasteiger partial charge in [-0.2, -0.15) is 0 Å². The van der Waals surface area contributed by atoms with Crippen molar-refractivity contribution in [1.82, 2.24) is 0 Å². The molecular weight excluding hydrogens is 153 g/mol. The Morgan fingerprint density at radius 2 is 1.90 bits per heavy atom. The summed E-state index contributed by atoms with van der Waals surface area (Å²) in [5.74, 6) is 0. The van der Waals surface area contributed by atoms with Crippen molar-refractivity contribution in [2.75, 3.05) is 21.1 Å². The van der Waals surface area contributed by atoms with Gasteiger partial charge in [0.05, 0.1) is 21.1 Å². The van der Waals surface area contributed by atoms with Crippen LogP contribution in [0.25, 0.3) is 0 Å². The van der Waals surface area contributed by atoms with Crippen LogP contribution in [-0.2, 0) is 9.09 Å². The van der Waals surface area contributed by atoms with Gasteiger partial charge in [-0.05, 0) is 0 Å². The van der Waals surface area contributed by atoms with E-state index >= 15 is 0 Å². The SMILES string of the molecule is CC(O[P](=O)O)[N+](C)(C)C. The Balaban J connectivity index is 3.85. The van der Waals surface area contributed by atoms with Crippen molar-refractivity contribution >= 4 is 8.25 Å². The Bertz CT molecular complexity index is 131. The molecule has 2 unspecified atom stereocenters. The Hall–Kier alpha value is -0.0200. The van der Waals surface area contributed by atoms with Gasteiger partial charge in [0, 0.05) is 6.92 Å². The molecule has 61 valence electrons. The lowest BCUT2D eigenvalue weighted by molar-refractivity contribution is -0.913. The Morgan fingerprint density at radius 3 is 2.00 bits per heavy atom. The van der Waals surface area contributed by atoms with Crippen LogP contribution in [0.15, 0.2) is 0 Å². The highest BCUT2D eigenvalue weighted by Crippen LogP contribution is 2.20. The molecule has 0 saturated carbocycles. The molecule has 0 saturated heterocycles. The summed E-state index contributed by atoms with van der Waals surface area (Å²) in [7, 11) is 3.21. The van der Waals surface area contributed by atoms with Gasteiger partial charge < -0.3 is 4.48 Å². The van der Waals surface area contributed by atoms with E-state index in [1.165, 1.54) is 0 Å². The number of hydrogen-bond donors (Lipinski definition) is 1. The van der Waals surface area contributed by atoms with E-state index in [4.69, 9.17) is 4.89 Å². The van der Waals surface area contributed by atoms with E-state index in [-0.39, 0.29) is 6.23 Å². The van der Waals surface area contributed by atoms with Gasteiger partial charge in [-0.3, -0.25) is 4.89 Å². The van der Waals surface area contributed by atoms with E-state index in [0.717, 1.165) is 0 Å². The van der Waals surface area contributed by atoms with Crippen LogP contribution in [0.1, 0.15) is 6.92 Å². The summed E-state index contributed by atoms with van der Waals surface area (Å²) in [5, 5.41) is 0. The first-order chi connectivity index (χ1) is 4.34. The summed E-state index contributed by atoms with van der Waals surface area (Å²) in [6.07, 6.45) is -0.256. The summed E-state index contributed by atoms with van der Waals surface area (Å²) in [6.45, 7) is 1.75. The van der Waals surface area contributed by atoms with E-state index in [1.807, 2.05) is 21.1 Å². The molecule has 0 aromatic rings. The molecule has 5 heteroatoms. The van der Waals surface area contributed by atoms with Crippen molar-refractivity contribution in [2.45, 2.75) is 13.2 Å². The average molecular weight is 167 g/mol. The van der Waals surface area contributed by atoms with Gasteiger partial charge in [-0.25, -0.2) is 9.09 Å². The van der Waals surface area contributed by atoms with Crippen LogP contribution in [0.4, 0.5) is 0 Å². The van der Waals surface area contributed by atoms with Crippen LogP contribution in [-0.4, -0.2) is 36.7 Å². The molecule has 0 fully saturated rings. The summed E-state index contributed by atoms with van der Waals surface area (Å²) >= 11 is 0. The second-order valence-corrected chi connectivity index (χ2v) is 3.75. The summed E-state index contributed by atoms with van der Waals surface area (Å²) in [5.41, 5.74) is 0. The van der Waals surface area contributed by atoms with Crippen LogP contribution >= 0.6 is 8.25 Å². The quantitative estimate of drug-likeness (QED) is 0.382. The highest BCUT2D eigenvalue weighted by atomic mass is 31.1. The smallest absolute Gasteiger partial charge is 0.305 e. The molecular formula is C5H14NO3P+. The molecule has 2 atom stereocenters. The fourth-order valence-electron chi connectivity index (χ4n) is 0.272. The van der Waals surface area contributed by atoms with E-state index in [0.29, 0.717) is 4.48 Å². The topological polar surface area (TPSA) is 46.5 Å². The Morgan fingerprint density at radius 1 is 1.50 bits per heavy atom. The maximum atomic E-state index is 10.2. The second-order valence-electron chi connectivity index (χ2n) is 3.06. The summed E-state index contributed by atoms with van der Waals surface area (Å²) in [4.78, 5) is 8.36. The van der Waals surface area contributed by atoms with Crippen molar-refractivity contribution in [3.63, 3.8) is 0 Å². The average Bonchev–Trinajstić information content (AvgIpc) is 1.60. The van der Waals surface area contributed by atoms with Gasteiger partial charge in [0.2, 0.25) is 6.23 Å². The number of hydrogen-bond acceptors (Lipinski definition) is 2. The molecule has 0 aromatic heterocycles. The minimum absolute atomic E-state index is 0.256. The third-order valence-electron chi connectivity index (χ3n) is 1.33. The molecule has 4 nitrogen and oxygen atoms in total. The van der Waals surface area contributed by atoms with Crippen molar-refractivity contribution in [3.8, 4) is 0 Å². The third-order valence-corrected chi connectivity index (χ3v) is 1.82. The predicted molar refractivity (Wildman–Crippen MR) is 38.4 cm³/mol. The highest BCUT2D eigenvalue weighted by molar-refractivity contribution is 7.32. The van der Waals surface area contributed by atoms with Crippen molar-refractivity contribution in [2.24, 2.45) is 0 Å². The van der Waals surface area contributed by atoms with Gasteiger partial charge in [0.1, 0.15) is 0 Å². The van der Waals surface area contributed by atoms with Crippen LogP contribution in [0.5, 0.6) is 0 Å². The van der Waals surface area contributed by atoms with Crippen LogP contribution in [0.3, 0.4) is 0 Å². The molecule has 0 aliphatic heterocycles. The molecule has 0 aliphatic rings. The van der Waals surface area contributed by atoms with Gasteiger partial charge in [-0.1, -0.05) is 0 Å². The lowest BCUT2D eigenvalue weighted by Crippen LogP contribution is -2.43. The molecule has 0 amide bonds. The molecule has 0 bridgehead atoms. The first-order valence-electron chi connectivity index (χ1n) is 2.98. The normalized spacial score (nSPS) is 16.7. The first-order valence-corrected chi connectivity index (χ1v) is 4.11. The molecule has 1 N–H and O–H groups in total. The van der Waals surface area contributed by atoms with Gasteiger partial charge >= 0.3 is 8.25 Å². The van der Waals surface area contributed by atoms with E-state index in [2.05, 4.69) is 4.52 Å². The second kappa shape index (κ2) is 3.39. The zero-order valence-electron chi connectivity index (χ0n) is 6.74. The molecule has 1 radical (unpaired) electrons. The van der Waals surface area contributed by atoms with Crippen molar-refractivity contribution < 1.29 is 18.5 Å². The fourth-order valence-corrected chi connectivity index (χ4v) is 0.816. The lowest BCUT2D eigenvalue weighted by atomic mass is 10.5. The Kier molecular flexibility index (Phi) is 3.39. The maximum Gasteiger partial charge on any atom is 0.370 e. The van der Waals surface area contributed by atoms with E-state index in [9.17, 15) is 4.57 Å². The van der Waals surface area contributed by atoms with Gasteiger partial charge in [0.15, 0.2) is 0 Å². The zero-order valence-corrected chi connectivity index (χ0v) is 7.63. The monoisotopic (exact) mass is 167 g/mol. The number of rotatable bonds is 3. The predicted octanol–water partition coefficient (Wildman–Crippen LogP) is 0.705. The first kappa shape index (κ1) is 9.98. The molecule has 10 heavy (non-hydrogen) atoms. The number of quaternary nitrogens is 1. The van der Waals surface area contributed by atoms with Gasteiger partial charge in [-0.15, -0.1) is 0 Å². The van der Waals surface area contributed by atoms with E-state index < -0.39 is 8.25 Å². The fraction of sp³-hybridized carbons (Fsp3) is 1.00. The molecule has 0 aromatic carbocycles. The van der Waals surface area contributed by atoms with Crippen LogP contribution in [0, 0.1) is 0 Å². The van der Waals surface area contributed by atoms with E-state index in [1.54, 1.807) is 6.92 Å². The van der Waals surface area contributed by atoms with Crippen molar-refractivity contribution in [1.29, 1.82) is 0 Å². The largest absolute Gasteiger partial charge is 0.370 e.